The lowest BCUT2D eigenvalue weighted by Crippen LogP contribution is -1.84. The van der Waals surface area contributed by atoms with Crippen molar-refractivity contribution in [2.45, 2.75) is 11.8 Å². The first-order valence-electron chi connectivity index (χ1n) is 2.67. The van der Waals surface area contributed by atoms with E-state index in [9.17, 15) is 0 Å². The average molecular weight is 151 g/mol. The first-order valence-corrected chi connectivity index (χ1v) is 3.49. The molecule has 0 bridgehead atoms. The Morgan fingerprint density at radius 2 is 2.10 bits per heavy atom. The molecule has 0 aromatic carbocycles. The summed E-state index contributed by atoms with van der Waals surface area (Å²) in [6, 6.07) is 0. The van der Waals surface area contributed by atoms with Crippen molar-refractivity contribution in [3.63, 3.8) is 0 Å². The minimum atomic E-state index is 0.724. The van der Waals surface area contributed by atoms with E-state index in [4.69, 9.17) is 5.26 Å². The minimum absolute atomic E-state index is 0.724. The zero-order valence-electron chi connectivity index (χ0n) is 5.40. The van der Waals surface area contributed by atoms with E-state index in [1.165, 1.54) is 0 Å². The van der Waals surface area contributed by atoms with Crippen LogP contribution in [0.4, 0.5) is 0 Å². The molecule has 0 saturated heterocycles. The van der Waals surface area contributed by atoms with Gasteiger partial charge < -0.3 is 0 Å². The largest absolute Gasteiger partial charge is 0.240 e. The van der Waals surface area contributed by atoms with Crippen LogP contribution in [0.25, 0.3) is 0 Å². The lowest BCUT2D eigenvalue weighted by molar-refractivity contribution is 1.01. The highest BCUT2D eigenvalue weighted by Gasteiger charge is 1.91. The molecule has 1 rings (SSSR count). The summed E-state index contributed by atoms with van der Waals surface area (Å²) in [5.41, 5.74) is 0. The van der Waals surface area contributed by atoms with Gasteiger partial charge in [-0.25, -0.2) is 9.97 Å². The van der Waals surface area contributed by atoms with E-state index in [0.717, 1.165) is 22.5 Å². The zero-order chi connectivity index (χ0) is 7.40. The maximum atomic E-state index is 8.25. The molecule has 0 aliphatic heterocycles. The zero-order valence-corrected chi connectivity index (χ0v) is 6.22. The number of hydrogen-bond donors (Lipinski definition) is 0. The summed E-state index contributed by atoms with van der Waals surface area (Å²) in [4.78, 5) is 8.61. The average Bonchev–Trinajstić information content (AvgIpc) is 1.95. The van der Waals surface area contributed by atoms with Crippen molar-refractivity contribution in [2.24, 2.45) is 0 Å². The summed E-state index contributed by atoms with van der Waals surface area (Å²) >= 11 is 1.06. The summed E-state index contributed by atoms with van der Waals surface area (Å²) in [6.07, 6.45) is 3.27. The summed E-state index contributed by atoms with van der Waals surface area (Å²) in [6.45, 7) is 1.81. The molecule has 0 amide bonds. The van der Waals surface area contributed by atoms with Gasteiger partial charge in [-0.05, 0) is 18.7 Å². The Bertz CT molecular complexity index is 249. The highest BCUT2D eigenvalue weighted by Crippen LogP contribution is 2.12. The van der Waals surface area contributed by atoms with Gasteiger partial charge in [0.25, 0.3) is 0 Å². The highest BCUT2D eigenvalue weighted by molar-refractivity contribution is 8.03. The Hall–Kier alpha value is -1.08. The Balaban J connectivity index is 2.81. The number of nitrogens with zero attached hydrogens (tertiary/aromatic N) is 3. The lowest BCUT2D eigenvalue weighted by Gasteiger charge is -1.90. The van der Waals surface area contributed by atoms with E-state index in [-0.39, 0.29) is 0 Å². The van der Waals surface area contributed by atoms with E-state index >= 15 is 0 Å². The molecule has 3 nitrogen and oxygen atoms in total. The fraction of sp³-hybridized carbons (Fsp3) is 0.167. The van der Waals surface area contributed by atoms with Gasteiger partial charge >= 0.3 is 0 Å². The molecule has 1 aromatic rings. The molecular weight excluding hydrogens is 146 g/mol. The second-order valence-corrected chi connectivity index (χ2v) is 2.52. The van der Waals surface area contributed by atoms with Crippen molar-refractivity contribution >= 4 is 11.8 Å². The summed E-state index contributed by atoms with van der Waals surface area (Å²) in [7, 11) is 0. The number of nitriles is 1. The second kappa shape index (κ2) is 3.18. The highest BCUT2D eigenvalue weighted by atomic mass is 32.2. The normalized spacial score (nSPS) is 8.80. The minimum Gasteiger partial charge on any atom is -0.240 e. The lowest BCUT2D eigenvalue weighted by atomic mass is 10.6. The molecule has 0 radical (unpaired) electrons. The van der Waals surface area contributed by atoms with Gasteiger partial charge in [-0.3, -0.25) is 0 Å². The molecule has 0 fully saturated rings. The molecule has 0 unspecified atom stereocenters. The van der Waals surface area contributed by atoms with Gasteiger partial charge in [-0.1, -0.05) is 0 Å². The van der Waals surface area contributed by atoms with E-state index in [1.54, 1.807) is 19.3 Å². The predicted molar refractivity (Wildman–Crippen MR) is 38.2 cm³/mol. The topological polar surface area (TPSA) is 49.6 Å². The number of rotatable bonds is 1. The van der Waals surface area contributed by atoms with Crippen LogP contribution in [-0.4, -0.2) is 9.97 Å². The van der Waals surface area contributed by atoms with Crippen molar-refractivity contribution in [3.8, 4) is 5.40 Å². The molecule has 0 N–H and O–H groups in total. The third-order valence-corrected chi connectivity index (χ3v) is 1.46. The Labute approximate surface area is 63.1 Å². The first-order chi connectivity index (χ1) is 4.83. The Morgan fingerprint density at radius 3 is 2.60 bits per heavy atom. The molecule has 0 saturated carbocycles. The SMILES string of the molecule is Cc1ncc(SC#N)cn1. The molecule has 0 spiro atoms. The van der Waals surface area contributed by atoms with Crippen molar-refractivity contribution in [3.05, 3.63) is 18.2 Å². The van der Waals surface area contributed by atoms with Gasteiger partial charge in [0, 0.05) is 12.4 Å². The van der Waals surface area contributed by atoms with E-state index in [1.807, 2.05) is 5.40 Å². The van der Waals surface area contributed by atoms with Crippen LogP contribution in [0.15, 0.2) is 17.3 Å². The fourth-order valence-electron chi connectivity index (χ4n) is 0.486. The summed E-state index contributed by atoms with van der Waals surface area (Å²) in [5, 5.41) is 10.2. The molecule has 0 aliphatic carbocycles. The standard InChI is InChI=1S/C6H5N3S/c1-5-8-2-6(3-9-5)10-4-7/h2-3H,1H3. The van der Waals surface area contributed by atoms with Crippen LogP contribution in [-0.2, 0) is 0 Å². The maximum absolute atomic E-state index is 8.25. The molecule has 10 heavy (non-hydrogen) atoms. The van der Waals surface area contributed by atoms with Gasteiger partial charge in [0.1, 0.15) is 11.2 Å². The van der Waals surface area contributed by atoms with Gasteiger partial charge in [-0.2, -0.15) is 5.26 Å². The maximum Gasteiger partial charge on any atom is 0.138 e. The number of hydrogen-bond acceptors (Lipinski definition) is 4. The van der Waals surface area contributed by atoms with Gasteiger partial charge in [0.15, 0.2) is 0 Å². The third kappa shape index (κ3) is 1.71. The monoisotopic (exact) mass is 151 g/mol. The number of aromatic nitrogens is 2. The third-order valence-electron chi connectivity index (χ3n) is 0.921. The second-order valence-electron chi connectivity index (χ2n) is 1.66. The smallest absolute Gasteiger partial charge is 0.138 e. The van der Waals surface area contributed by atoms with Crippen molar-refractivity contribution < 1.29 is 0 Å². The first kappa shape index (κ1) is 7.03. The van der Waals surface area contributed by atoms with Gasteiger partial charge in [-0.15, -0.1) is 0 Å². The fourth-order valence-corrected chi connectivity index (χ4v) is 0.802. The molecule has 4 heteroatoms. The Kier molecular flexibility index (Phi) is 2.24. The van der Waals surface area contributed by atoms with Crippen LogP contribution in [0, 0.1) is 17.6 Å². The molecular formula is C6H5N3S. The van der Waals surface area contributed by atoms with Crippen LogP contribution < -0.4 is 0 Å². The number of thiocyanates is 1. The van der Waals surface area contributed by atoms with E-state index < -0.39 is 0 Å². The molecule has 1 heterocycles. The molecule has 0 atom stereocenters. The predicted octanol–water partition coefficient (Wildman–Crippen LogP) is 1.36. The van der Waals surface area contributed by atoms with Crippen molar-refractivity contribution in [1.29, 1.82) is 5.26 Å². The van der Waals surface area contributed by atoms with Crippen molar-refractivity contribution in [2.75, 3.05) is 0 Å². The molecule has 50 valence electrons. The van der Waals surface area contributed by atoms with E-state index in [2.05, 4.69) is 9.97 Å². The van der Waals surface area contributed by atoms with Gasteiger partial charge in [0.2, 0.25) is 0 Å². The van der Waals surface area contributed by atoms with Crippen LogP contribution in [0.1, 0.15) is 5.82 Å². The number of aryl methyl sites for hydroxylation is 1. The van der Waals surface area contributed by atoms with Crippen LogP contribution in [0.2, 0.25) is 0 Å². The summed E-state index contributed by atoms with van der Waals surface area (Å²) < 4.78 is 0. The molecule has 1 aromatic heterocycles. The quantitative estimate of drug-likeness (QED) is 0.449. The Morgan fingerprint density at radius 1 is 1.50 bits per heavy atom. The van der Waals surface area contributed by atoms with Crippen LogP contribution >= 0.6 is 11.8 Å². The van der Waals surface area contributed by atoms with Crippen molar-refractivity contribution in [1.82, 2.24) is 9.97 Å². The number of thioether (sulfide) groups is 1. The van der Waals surface area contributed by atoms with Crippen LogP contribution in [0.5, 0.6) is 0 Å². The van der Waals surface area contributed by atoms with Gasteiger partial charge in [0.05, 0.1) is 4.90 Å². The summed E-state index contributed by atoms with van der Waals surface area (Å²) in [5.74, 6) is 0.724. The molecule has 0 aliphatic rings. The van der Waals surface area contributed by atoms with Crippen LogP contribution in [0.3, 0.4) is 0 Å². The van der Waals surface area contributed by atoms with E-state index in [0.29, 0.717) is 0 Å².